The first-order chi connectivity index (χ1) is 18.6. The van der Waals surface area contributed by atoms with E-state index in [2.05, 4.69) is 17.2 Å². The van der Waals surface area contributed by atoms with Crippen molar-refractivity contribution in [2.75, 3.05) is 11.9 Å². The van der Waals surface area contributed by atoms with E-state index >= 15 is 0 Å². The van der Waals surface area contributed by atoms with Crippen LogP contribution in [-0.2, 0) is 15.8 Å². The number of hydrogen-bond acceptors (Lipinski definition) is 4. The third-order valence-corrected chi connectivity index (χ3v) is 7.55. The highest BCUT2D eigenvalue weighted by Gasteiger charge is 2.37. The number of fused-ring (bicyclic) bond motifs is 1. The molecule has 6 nitrogen and oxygen atoms in total. The summed E-state index contributed by atoms with van der Waals surface area (Å²) in [5.74, 6) is -1.18. The molecule has 0 radical (unpaired) electrons. The van der Waals surface area contributed by atoms with E-state index in [0.29, 0.717) is 41.3 Å². The minimum atomic E-state index is -4.48. The van der Waals surface area contributed by atoms with Crippen molar-refractivity contribution in [1.82, 2.24) is 5.32 Å². The summed E-state index contributed by atoms with van der Waals surface area (Å²) in [5.41, 5.74) is 1.01. The molecule has 1 heterocycles. The first-order valence-electron chi connectivity index (χ1n) is 13.7. The molecule has 1 saturated carbocycles. The van der Waals surface area contributed by atoms with Gasteiger partial charge in [0.15, 0.2) is 0 Å². The SMILES string of the molecule is CCCCCC[C@H](O)[C@@H](CC1CC1)C(=O)NC1N=C(c2ccc(C(F)(F)F)cc2)c2ccccc2N(C)C1=O. The van der Waals surface area contributed by atoms with Crippen LogP contribution in [0, 0.1) is 11.8 Å². The number of halogens is 3. The number of rotatable bonds is 11. The number of aliphatic imine (C=N–C) groups is 1. The average molecular weight is 544 g/mol. The number of nitrogens with one attached hydrogen (secondary N) is 1. The van der Waals surface area contributed by atoms with Crippen molar-refractivity contribution in [3.63, 3.8) is 0 Å². The Morgan fingerprint density at radius 2 is 1.79 bits per heavy atom. The molecule has 0 saturated heterocycles. The van der Waals surface area contributed by atoms with E-state index in [4.69, 9.17) is 0 Å². The lowest BCUT2D eigenvalue weighted by atomic mass is 9.91. The lowest BCUT2D eigenvalue weighted by Gasteiger charge is -2.25. The summed E-state index contributed by atoms with van der Waals surface area (Å²) >= 11 is 0. The number of aliphatic hydroxyl groups is 1. The zero-order valence-electron chi connectivity index (χ0n) is 22.4. The van der Waals surface area contributed by atoms with Crippen molar-refractivity contribution in [1.29, 1.82) is 0 Å². The maximum absolute atomic E-state index is 13.5. The Morgan fingerprint density at radius 3 is 2.44 bits per heavy atom. The molecule has 2 aromatic rings. The molecule has 9 heteroatoms. The van der Waals surface area contributed by atoms with E-state index in [9.17, 15) is 27.9 Å². The number of amides is 2. The number of likely N-dealkylation sites (N-methyl/N-ethyl adjacent to an activating group) is 1. The zero-order chi connectivity index (χ0) is 28.2. The Morgan fingerprint density at radius 1 is 1.10 bits per heavy atom. The third kappa shape index (κ3) is 7.06. The maximum Gasteiger partial charge on any atom is 0.416 e. The van der Waals surface area contributed by atoms with Crippen molar-refractivity contribution < 1.29 is 27.9 Å². The van der Waals surface area contributed by atoms with Crippen LogP contribution in [0.2, 0.25) is 0 Å². The van der Waals surface area contributed by atoms with E-state index < -0.39 is 41.7 Å². The molecule has 1 unspecified atom stereocenters. The van der Waals surface area contributed by atoms with Crippen molar-refractivity contribution in [3.8, 4) is 0 Å². The second-order valence-electron chi connectivity index (χ2n) is 10.6. The van der Waals surface area contributed by atoms with Gasteiger partial charge in [0.1, 0.15) is 0 Å². The van der Waals surface area contributed by atoms with Gasteiger partial charge >= 0.3 is 6.18 Å². The molecule has 0 bridgehead atoms. The van der Waals surface area contributed by atoms with Crippen LogP contribution in [0.3, 0.4) is 0 Å². The minimum Gasteiger partial charge on any atom is -0.392 e. The van der Waals surface area contributed by atoms with Gasteiger partial charge in [0.25, 0.3) is 5.91 Å². The summed E-state index contributed by atoms with van der Waals surface area (Å²) in [5, 5.41) is 13.7. The van der Waals surface area contributed by atoms with Gasteiger partial charge in [-0.25, -0.2) is 4.99 Å². The summed E-state index contributed by atoms with van der Waals surface area (Å²) in [6.07, 6.45) is 0.433. The average Bonchev–Trinajstić information content (AvgIpc) is 3.75. The fourth-order valence-electron chi connectivity index (χ4n) is 5.04. The summed E-state index contributed by atoms with van der Waals surface area (Å²) in [6.45, 7) is 2.11. The number of unbranched alkanes of at least 4 members (excludes halogenated alkanes) is 3. The first kappa shape index (κ1) is 28.8. The lowest BCUT2D eigenvalue weighted by molar-refractivity contribution is -0.137. The normalized spacial score (nSPS) is 19.1. The molecule has 2 aliphatic rings. The number of benzene rings is 2. The quantitative estimate of drug-likeness (QED) is 0.356. The highest BCUT2D eigenvalue weighted by molar-refractivity contribution is 6.20. The molecule has 2 N–H and O–H groups in total. The van der Waals surface area contributed by atoms with Crippen molar-refractivity contribution in [2.24, 2.45) is 16.8 Å². The number of aliphatic hydroxyl groups excluding tert-OH is 1. The maximum atomic E-state index is 13.5. The standard InChI is InChI=1S/C30H36F3N3O3/c1-3-4-5-6-11-25(37)23(18-19-12-13-19)28(38)35-27-29(39)36(2)24-10-8-7-9-22(24)26(34-27)20-14-16-21(17-15-20)30(31,32)33/h7-10,14-17,19,23,25,27,37H,3-6,11-13,18H2,1-2H3,(H,35,38)/t23-,25+,27?/m1/s1. The number of hydrogen-bond donors (Lipinski definition) is 2. The number of nitrogens with zero attached hydrogens (tertiary/aromatic N) is 2. The summed E-state index contributed by atoms with van der Waals surface area (Å²) < 4.78 is 39.5. The van der Waals surface area contributed by atoms with E-state index in [1.807, 2.05) is 0 Å². The zero-order valence-corrected chi connectivity index (χ0v) is 22.4. The molecule has 2 aromatic carbocycles. The summed E-state index contributed by atoms with van der Waals surface area (Å²) in [7, 11) is 1.58. The fourth-order valence-corrected chi connectivity index (χ4v) is 5.04. The van der Waals surface area contributed by atoms with E-state index in [1.165, 1.54) is 17.0 Å². The van der Waals surface area contributed by atoms with E-state index in [-0.39, 0.29) is 0 Å². The van der Waals surface area contributed by atoms with Crippen LogP contribution in [0.5, 0.6) is 0 Å². The lowest BCUT2D eigenvalue weighted by Crippen LogP contribution is -2.49. The molecular weight excluding hydrogens is 507 g/mol. The molecule has 1 fully saturated rings. The van der Waals surface area contributed by atoms with E-state index in [0.717, 1.165) is 50.7 Å². The van der Waals surface area contributed by atoms with Crippen LogP contribution in [-0.4, -0.2) is 41.9 Å². The molecule has 210 valence electrons. The largest absolute Gasteiger partial charge is 0.416 e. The number of benzodiazepines with no additional fused rings is 1. The summed E-state index contributed by atoms with van der Waals surface area (Å²) in [6, 6.07) is 11.6. The van der Waals surface area contributed by atoms with Gasteiger partial charge in [-0.3, -0.25) is 9.59 Å². The van der Waals surface area contributed by atoms with Crippen LogP contribution in [0.15, 0.2) is 53.5 Å². The van der Waals surface area contributed by atoms with Gasteiger partial charge in [-0.2, -0.15) is 13.2 Å². The minimum absolute atomic E-state index is 0.307. The van der Waals surface area contributed by atoms with Gasteiger partial charge in [-0.15, -0.1) is 0 Å². The number of carbonyl (C=O) groups excluding carboxylic acids is 2. The first-order valence-corrected chi connectivity index (χ1v) is 13.7. The van der Waals surface area contributed by atoms with Crippen LogP contribution in [0.1, 0.15) is 75.0 Å². The molecule has 1 aliphatic heterocycles. The van der Waals surface area contributed by atoms with Gasteiger partial charge < -0.3 is 15.3 Å². The topological polar surface area (TPSA) is 82.0 Å². The Hall–Kier alpha value is -3.20. The van der Waals surface area contributed by atoms with Crippen molar-refractivity contribution in [3.05, 3.63) is 65.2 Å². The number of carbonyl (C=O) groups is 2. The Kier molecular flexibility index (Phi) is 9.10. The molecule has 1 aliphatic carbocycles. The second-order valence-corrected chi connectivity index (χ2v) is 10.6. The van der Waals surface area contributed by atoms with Crippen LogP contribution >= 0.6 is 0 Å². The highest BCUT2D eigenvalue weighted by atomic mass is 19.4. The predicted octanol–water partition coefficient (Wildman–Crippen LogP) is 5.71. The molecule has 3 atom stereocenters. The number of alkyl halides is 3. The second kappa shape index (κ2) is 12.3. The van der Waals surface area contributed by atoms with Crippen LogP contribution < -0.4 is 10.2 Å². The van der Waals surface area contributed by atoms with Gasteiger partial charge in [-0.1, -0.05) is 75.8 Å². The Balaban J connectivity index is 1.63. The molecule has 0 aromatic heterocycles. The molecule has 0 spiro atoms. The van der Waals surface area contributed by atoms with Crippen molar-refractivity contribution in [2.45, 2.75) is 76.7 Å². The molecule has 2 amide bonds. The van der Waals surface area contributed by atoms with Gasteiger partial charge in [0, 0.05) is 18.2 Å². The van der Waals surface area contributed by atoms with Crippen molar-refractivity contribution >= 4 is 23.2 Å². The monoisotopic (exact) mass is 543 g/mol. The predicted molar refractivity (Wildman–Crippen MR) is 144 cm³/mol. The highest BCUT2D eigenvalue weighted by Crippen LogP contribution is 2.37. The Labute approximate surface area is 227 Å². The number of para-hydroxylation sites is 1. The molecule has 4 rings (SSSR count). The fraction of sp³-hybridized carbons (Fsp3) is 0.500. The van der Waals surface area contributed by atoms with Crippen LogP contribution in [0.25, 0.3) is 0 Å². The van der Waals surface area contributed by atoms with Gasteiger partial charge in [0.05, 0.1) is 29.0 Å². The van der Waals surface area contributed by atoms with Gasteiger partial charge in [0.2, 0.25) is 12.1 Å². The van der Waals surface area contributed by atoms with E-state index in [1.54, 1.807) is 31.3 Å². The third-order valence-electron chi connectivity index (χ3n) is 7.55. The van der Waals surface area contributed by atoms with Gasteiger partial charge in [-0.05, 0) is 37.0 Å². The molecular formula is C30H36F3N3O3. The molecule has 39 heavy (non-hydrogen) atoms. The number of anilines is 1. The Bertz CT molecular complexity index is 1190. The smallest absolute Gasteiger partial charge is 0.392 e. The van der Waals surface area contributed by atoms with Crippen LogP contribution in [0.4, 0.5) is 18.9 Å². The summed E-state index contributed by atoms with van der Waals surface area (Å²) in [4.78, 5) is 33.0.